The summed E-state index contributed by atoms with van der Waals surface area (Å²) in [5.74, 6) is -0.308. The fraction of sp³-hybridized carbons (Fsp3) is 0.643. The second-order valence-corrected chi connectivity index (χ2v) is 5.76. The number of nitrogens with zero attached hydrogens (tertiary/aromatic N) is 5. The van der Waals surface area contributed by atoms with Crippen LogP contribution in [-0.4, -0.2) is 63.7 Å². The zero-order valence-electron chi connectivity index (χ0n) is 14.3. The number of azide groups is 1. The van der Waals surface area contributed by atoms with Crippen molar-refractivity contribution in [3.8, 4) is 0 Å². The second-order valence-electron chi connectivity index (χ2n) is 5.76. The van der Waals surface area contributed by atoms with Crippen molar-refractivity contribution in [2.45, 2.75) is 37.4 Å². The van der Waals surface area contributed by atoms with Gasteiger partial charge in [-0.15, -0.1) is 0 Å². The highest BCUT2D eigenvalue weighted by atomic mass is 16.6. The van der Waals surface area contributed by atoms with E-state index in [1.165, 1.54) is 26.3 Å². The van der Waals surface area contributed by atoms with E-state index >= 15 is 0 Å². The number of hydrogen-bond acceptors (Lipinski definition) is 8. The summed E-state index contributed by atoms with van der Waals surface area (Å²) < 4.78 is 12.1. The summed E-state index contributed by atoms with van der Waals surface area (Å²) in [6.07, 6.45) is -1.96. The van der Waals surface area contributed by atoms with Gasteiger partial charge < -0.3 is 25.0 Å². The monoisotopic (exact) mass is 368 g/mol. The molecule has 0 radical (unpaired) electrons. The Balaban J connectivity index is 2.34. The Kier molecular flexibility index (Phi) is 6.29. The zero-order valence-corrected chi connectivity index (χ0v) is 14.3. The molecule has 4 atom stereocenters. The van der Waals surface area contributed by atoms with E-state index in [0.29, 0.717) is 0 Å². The number of nitrogens with one attached hydrogen (secondary N) is 1. The van der Waals surface area contributed by atoms with Gasteiger partial charge in [0, 0.05) is 31.7 Å². The Morgan fingerprint density at radius 1 is 1.65 bits per heavy atom. The van der Waals surface area contributed by atoms with Crippen LogP contribution in [-0.2, 0) is 14.3 Å². The quantitative estimate of drug-likeness (QED) is 0.332. The van der Waals surface area contributed by atoms with Crippen LogP contribution in [0.3, 0.4) is 0 Å². The number of rotatable bonds is 7. The maximum atomic E-state index is 12.3. The SMILES string of the molecule is CO[C@H]1C(O)[C@](CO)(CCN=[N+]=[N-])O[C@H]1n1ccc(NC(C)=O)nc1=O. The summed E-state index contributed by atoms with van der Waals surface area (Å²) in [5.41, 5.74) is 6.20. The molecule has 1 aromatic rings. The predicted molar refractivity (Wildman–Crippen MR) is 88.2 cm³/mol. The van der Waals surface area contributed by atoms with Gasteiger partial charge in [-0.05, 0) is 18.0 Å². The molecular formula is C14H20N6O6. The van der Waals surface area contributed by atoms with Gasteiger partial charge in [0.25, 0.3) is 0 Å². The molecule has 0 bridgehead atoms. The van der Waals surface area contributed by atoms with Crippen LogP contribution in [0.1, 0.15) is 19.6 Å². The number of carbonyl (C=O) groups is 1. The summed E-state index contributed by atoms with van der Waals surface area (Å²) >= 11 is 0. The van der Waals surface area contributed by atoms with Crippen LogP contribution < -0.4 is 11.0 Å². The number of methoxy groups -OCH3 is 1. The molecule has 2 heterocycles. The third kappa shape index (κ3) is 3.84. The first kappa shape index (κ1) is 19.8. The van der Waals surface area contributed by atoms with Crippen molar-refractivity contribution in [3.05, 3.63) is 33.2 Å². The van der Waals surface area contributed by atoms with Gasteiger partial charge in [-0.1, -0.05) is 5.11 Å². The second kappa shape index (κ2) is 8.25. The van der Waals surface area contributed by atoms with Crippen LogP contribution in [0.4, 0.5) is 5.82 Å². The van der Waals surface area contributed by atoms with E-state index < -0.39 is 36.3 Å². The van der Waals surface area contributed by atoms with Crippen molar-refractivity contribution in [3.63, 3.8) is 0 Å². The van der Waals surface area contributed by atoms with Gasteiger partial charge in [0.05, 0.1) is 6.61 Å². The predicted octanol–water partition coefficient (Wildman–Crippen LogP) is -0.462. The fourth-order valence-electron chi connectivity index (χ4n) is 2.85. The smallest absolute Gasteiger partial charge is 0.351 e. The number of anilines is 1. The van der Waals surface area contributed by atoms with Gasteiger partial charge in [0.15, 0.2) is 6.23 Å². The molecule has 26 heavy (non-hydrogen) atoms. The summed E-state index contributed by atoms with van der Waals surface area (Å²) in [5, 5.41) is 26.1. The van der Waals surface area contributed by atoms with Crippen molar-refractivity contribution in [2.75, 3.05) is 25.6 Å². The molecule has 0 aromatic carbocycles. The molecular weight excluding hydrogens is 348 g/mol. The number of hydrogen-bond donors (Lipinski definition) is 3. The van der Waals surface area contributed by atoms with E-state index in [-0.39, 0.29) is 24.7 Å². The summed E-state index contributed by atoms with van der Waals surface area (Å²) in [4.78, 5) is 29.7. The average molecular weight is 368 g/mol. The highest BCUT2D eigenvalue weighted by molar-refractivity contribution is 5.87. The minimum absolute atomic E-state index is 0.0219. The van der Waals surface area contributed by atoms with Gasteiger partial charge in [0.1, 0.15) is 23.6 Å². The van der Waals surface area contributed by atoms with Crippen molar-refractivity contribution >= 4 is 11.7 Å². The first-order valence-electron chi connectivity index (χ1n) is 7.75. The molecule has 1 amide bonds. The zero-order chi connectivity index (χ0) is 19.3. The summed E-state index contributed by atoms with van der Waals surface area (Å²) in [7, 11) is 1.33. The fourth-order valence-corrected chi connectivity index (χ4v) is 2.85. The topological polar surface area (TPSA) is 172 Å². The molecule has 0 spiro atoms. The van der Waals surface area contributed by atoms with E-state index in [4.69, 9.17) is 15.0 Å². The van der Waals surface area contributed by atoms with Crippen molar-refractivity contribution in [2.24, 2.45) is 5.11 Å². The summed E-state index contributed by atoms with van der Waals surface area (Å²) in [6, 6.07) is 1.39. The van der Waals surface area contributed by atoms with Gasteiger partial charge in [0.2, 0.25) is 5.91 Å². The van der Waals surface area contributed by atoms with Gasteiger partial charge in [-0.2, -0.15) is 4.98 Å². The molecule has 0 aliphatic carbocycles. The van der Waals surface area contributed by atoms with Crippen LogP contribution in [0, 0.1) is 0 Å². The molecule has 12 nitrogen and oxygen atoms in total. The van der Waals surface area contributed by atoms with Crippen molar-refractivity contribution < 1.29 is 24.5 Å². The maximum absolute atomic E-state index is 12.3. The van der Waals surface area contributed by atoms with E-state index in [0.717, 1.165) is 4.57 Å². The first-order chi connectivity index (χ1) is 12.4. The molecule has 1 aromatic heterocycles. The third-order valence-corrected chi connectivity index (χ3v) is 4.13. The Morgan fingerprint density at radius 3 is 2.92 bits per heavy atom. The van der Waals surface area contributed by atoms with Gasteiger partial charge >= 0.3 is 5.69 Å². The molecule has 1 fully saturated rings. The standard InChI is InChI=1S/C14H20N6O6/c1-8(22)17-9-3-6-20(13(24)18-9)12-10(25-2)11(23)14(7-21,26-12)4-5-16-19-15/h3,6,10-12,21,23H,4-5,7H2,1-2H3,(H,17,18,22,24)/t10-,11?,12+,14+/m0/s1. The lowest BCUT2D eigenvalue weighted by molar-refractivity contribution is -0.132. The van der Waals surface area contributed by atoms with E-state index in [2.05, 4.69) is 20.3 Å². The molecule has 12 heteroatoms. The van der Waals surface area contributed by atoms with Crippen LogP contribution in [0.25, 0.3) is 10.4 Å². The van der Waals surface area contributed by atoms with Crippen LogP contribution in [0.5, 0.6) is 0 Å². The highest BCUT2D eigenvalue weighted by Crippen LogP contribution is 2.40. The lowest BCUT2D eigenvalue weighted by Crippen LogP contribution is -2.47. The highest BCUT2D eigenvalue weighted by Gasteiger charge is 2.55. The number of amides is 1. The Bertz CT molecular complexity index is 763. The van der Waals surface area contributed by atoms with E-state index in [1.807, 2.05) is 0 Å². The molecule has 1 aliphatic heterocycles. The van der Waals surface area contributed by atoms with Crippen molar-refractivity contribution in [1.82, 2.24) is 9.55 Å². The molecule has 1 saturated heterocycles. The lowest BCUT2D eigenvalue weighted by atomic mass is 9.92. The number of carbonyl (C=O) groups excluding carboxylic acids is 1. The molecule has 1 aliphatic rings. The molecule has 3 N–H and O–H groups in total. The number of aliphatic hydroxyl groups excluding tert-OH is 2. The first-order valence-corrected chi connectivity index (χ1v) is 7.75. The normalized spacial score (nSPS) is 27.8. The molecule has 2 rings (SSSR count). The largest absolute Gasteiger partial charge is 0.393 e. The van der Waals surface area contributed by atoms with Crippen LogP contribution in [0.15, 0.2) is 22.2 Å². The molecule has 1 unspecified atom stereocenters. The average Bonchev–Trinajstić information content (AvgIpc) is 2.87. The van der Waals surface area contributed by atoms with E-state index in [1.54, 1.807) is 0 Å². The van der Waals surface area contributed by atoms with Gasteiger partial charge in [-0.25, -0.2) is 4.79 Å². The summed E-state index contributed by atoms with van der Waals surface area (Å²) in [6.45, 7) is 0.688. The van der Waals surface area contributed by atoms with Crippen LogP contribution in [0.2, 0.25) is 0 Å². The molecule has 142 valence electrons. The lowest BCUT2D eigenvalue weighted by Gasteiger charge is -2.29. The van der Waals surface area contributed by atoms with E-state index in [9.17, 15) is 19.8 Å². The third-order valence-electron chi connectivity index (χ3n) is 4.13. The molecule has 0 saturated carbocycles. The number of aliphatic hydroxyl groups is 2. The van der Waals surface area contributed by atoms with Crippen LogP contribution >= 0.6 is 0 Å². The number of ether oxygens (including phenoxy) is 2. The van der Waals surface area contributed by atoms with Gasteiger partial charge in [-0.3, -0.25) is 9.36 Å². The minimum Gasteiger partial charge on any atom is -0.393 e. The Labute approximate surface area is 148 Å². The number of aromatic nitrogens is 2. The maximum Gasteiger partial charge on any atom is 0.351 e. The Morgan fingerprint density at radius 2 is 2.38 bits per heavy atom. The minimum atomic E-state index is -1.46. The Hall–Kier alpha value is -2.50. The van der Waals surface area contributed by atoms with Crippen molar-refractivity contribution in [1.29, 1.82) is 0 Å².